The molecule has 10 heteroatoms. The van der Waals surface area contributed by atoms with E-state index in [-0.39, 0.29) is 26.1 Å². The first kappa shape index (κ1) is 18.6. The van der Waals surface area contributed by atoms with E-state index < -0.39 is 35.8 Å². The lowest BCUT2D eigenvalue weighted by Gasteiger charge is -2.21. The molecule has 0 spiro atoms. The molecule has 25 heavy (non-hydrogen) atoms. The molecule has 0 saturated carbocycles. The zero-order chi connectivity index (χ0) is 18.6. The number of ether oxygens (including phenoxy) is 1. The molecule has 1 aliphatic rings. The van der Waals surface area contributed by atoms with Crippen LogP contribution in [-0.2, 0) is 27.0 Å². The zero-order valence-electron chi connectivity index (χ0n) is 12.9. The van der Waals surface area contributed by atoms with Crippen molar-refractivity contribution in [2.45, 2.75) is 25.2 Å². The molecule has 1 saturated heterocycles. The molecule has 0 bridgehead atoms. The predicted octanol–water partition coefficient (Wildman–Crippen LogP) is 1.62. The molecule has 136 valence electrons. The summed E-state index contributed by atoms with van der Waals surface area (Å²) in [6, 6.07) is 3.24. The van der Waals surface area contributed by atoms with Crippen molar-refractivity contribution in [3.05, 3.63) is 35.4 Å². The van der Waals surface area contributed by atoms with E-state index in [0.717, 1.165) is 17.0 Å². The minimum Gasteiger partial charge on any atom is -0.481 e. The van der Waals surface area contributed by atoms with Gasteiger partial charge in [0.05, 0.1) is 18.5 Å². The number of carbonyl (C=O) groups excluding carboxylic acids is 2. The predicted molar refractivity (Wildman–Crippen MR) is 77.4 cm³/mol. The minimum absolute atomic E-state index is 0.103. The maximum absolute atomic E-state index is 12.6. The van der Waals surface area contributed by atoms with Gasteiger partial charge >= 0.3 is 18.2 Å². The Kier molecular flexibility index (Phi) is 5.50. The molecule has 1 fully saturated rings. The lowest BCUT2D eigenvalue weighted by Crippen LogP contribution is -2.45. The highest BCUT2D eigenvalue weighted by Gasteiger charge is 2.38. The second-order valence-corrected chi connectivity index (χ2v) is 5.35. The van der Waals surface area contributed by atoms with E-state index in [2.05, 4.69) is 5.32 Å². The molecule has 1 aliphatic heterocycles. The normalized spacial score (nSPS) is 17.3. The Morgan fingerprint density at radius 2 is 1.92 bits per heavy atom. The van der Waals surface area contributed by atoms with Crippen molar-refractivity contribution in [3.8, 4) is 0 Å². The number of cyclic esters (lactones) is 1. The van der Waals surface area contributed by atoms with Crippen LogP contribution in [0.1, 0.15) is 17.5 Å². The van der Waals surface area contributed by atoms with Crippen molar-refractivity contribution in [2.24, 2.45) is 0 Å². The standard InChI is InChI=1S/C15H15F3N2O5/c16-15(17,18)10-3-1-9(2-4-10)7-20-11(8-25-14(20)24)13(23)19-6-5-12(21)22/h1-4,11H,5-8H2,(H,19,23)(H,21,22)/t11-/m0/s1. The fourth-order valence-electron chi connectivity index (χ4n) is 2.25. The third-order valence-corrected chi connectivity index (χ3v) is 3.55. The maximum Gasteiger partial charge on any atom is 0.416 e. The number of carboxylic acids is 1. The van der Waals surface area contributed by atoms with Crippen molar-refractivity contribution < 1.29 is 37.4 Å². The monoisotopic (exact) mass is 360 g/mol. The van der Waals surface area contributed by atoms with Crippen LogP contribution in [0.25, 0.3) is 0 Å². The Bertz CT molecular complexity index is 660. The average Bonchev–Trinajstić information content (AvgIpc) is 2.87. The van der Waals surface area contributed by atoms with Crippen molar-refractivity contribution in [1.29, 1.82) is 0 Å². The first-order valence-electron chi connectivity index (χ1n) is 7.27. The number of alkyl halides is 3. The molecule has 2 amide bonds. The van der Waals surface area contributed by atoms with Crippen LogP contribution in [0.2, 0.25) is 0 Å². The summed E-state index contributed by atoms with van der Waals surface area (Å²) in [5.41, 5.74) is -0.418. The summed E-state index contributed by atoms with van der Waals surface area (Å²) < 4.78 is 42.5. The van der Waals surface area contributed by atoms with Gasteiger partial charge in [-0.2, -0.15) is 13.2 Å². The number of aliphatic carboxylic acids is 1. The van der Waals surface area contributed by atoms with E-state index in [1.165, 1.54) is 12.1 Å². The lowest BCUT2D eigenvalue weighted by molar-refractivity contribution is -0.138. The van der Waals surface area contributed by atoms with Gasteiger partial charge in [0.2, 0.25) is 5.91 Å². The number of hydrogen-bond donors (Lipinski definition) is 2. The summed E-state index contributed by atoms with van der Waals surface area (Å²) >= 11 is 0. The van der Waals surface area contributed by atoms with Crippen LogP contribution in [0, 0.1) is 0 Å². The van der Waals surface area contributed by atoms with Crippen LogP contribution < -0.4 is 5.32 Å². The highest BCUT2D eigenvalue weighted by atomic mass is 19.4. The first-order valence-corrected chi connectivity index (χ1v) is 7.27. The largest absolute Gasteiger partial charge is 0.481 e. The van der Waals surface area contributed by atoms with Crippen LogP contribution >= 0.6 is 0 Å². The number of nitrogens with zero attached hydrogens (tertiary/aromatic N) is 1. The zero-order valence-corrected chi connectivity index (χ0v) is 12.9. The third-order valence-electron chi connectivity index (χ3n) is 3.55. The minimum atomic E-state index is -4.46. The molecule has 1 heterocycles. The van der Waals surface area contributed by atoms with Crippen LogP contribution in [0.15, 0.2) is 24.3 Å². The van der Waals surface area contributed by atoms with Gasteiger partial charge in [0.1, 0.15) is 12.6 Å². The summed E-state index contributed by atoms with van der Waals surface area (Å²) in [7, 11) is 0. The molecule has 0 aromatic heterocycles. The fraction of sp³-hybridized carbons (Fsp3) is 0.400. The lowest BCUT2D eigenvalue weighted by atomic mass is 10.1. The summed E-state index contributed by atoms with van der Waals surface area (Å²) in [5.74, 6) is -1.67. The van der Waals surface area contributed by atoms with Crippen molar-refractivity contribution in [1.82, 2.24) is 10.2 Å². The van der Waals surface area contributed by atoms with Crippen molar-refractivity contribution >= 4 is 18.0 Å². The van der Waals surface area contributed by atoms with E-state index in [1.807, 2.05) is 0 Å². The number of amides is 2. The van der Waals surface area contributed by atoms with Gasteiger partial charge in [-0.15, -0.1) is 0 Å². The number of hydrogen-bond acceptors (Lipinski definition) is 4. The Morgan fingerprint density at radius 1 is 1.28 bits per heavy atom. The van der Waals surface area contributed by atoms with Gasteiger partial charge < -0.3 is 15.2 Å². The van der Waals surface area contributed by atoms with Crippen LogP contribution in [0.5, 0.6) is 0 Å². The number of carbonyl (C=O) groups is 3. The Labute approximate surface area is 140 Å². The molecule has 1 aromatic rings. The van der Waals surface area contributed by atoms with Gasteiger partial charge in [0.25, 0.3) is 0 Å². The number of nitrogens with one attached hydrogen (secondary N) is 1. The van der Waals surface area contributed by atoms with Crippen molar-refractivity contribution in [3.63, 3.8) is 0 Å². The highest BCUT2D eigenvalue weighted by Crippen LogP contribution is 2.29. The molecule has 2 rings (SSSR count). The number of halogens is 3. The van der Waals surface area contributed by atoms with E-state index in [4.69, 9.17) is 9.84 Å². The van der Waals surface area contributed by atoms with Crippen molar-refractivity contribution in [2.75, 3.05) is 13.2 Å². The number of benzene rings is 1. The van der Waals surface area contributed by atoms with Crippen LogP contribution in [0.3, 0.4) is 0 Å². The smallest absolute Gasteiger partial charge is 0.416 e. The van der Waals surface area contributed by atoms with Gasteiger partial charge in [0.15, 0.2) is 0 Å². The van der Waals surface area contributed by atoms with Gasteiger partial charge in [-0.3, -0.25) is 14.5 Å². The average molecular weight is 360 g/mol. The van der Waals surface area contributed by atoms with E-state index in [0.29, 0.717) is 5.56 Å². The molecule has 0 unspecified atom stereocenters. The van der Waals surface area contributed by atoms with E-state index in [9.17, 15) is 27.6 Å². The fourth-order valence-corrected chi connectivity index (χ4v) is 2.25. The molecule has 2 N–H and O–H groups in total. The Morgan fingerprint density at radius 3 is 2.48 bits per heavy atom. The number of carboxylic acid groups (broad SMARTS) is 1. The molecule has 1 aromatic carbocycles. The molecule has 0 radical (unpaired) electrons. The summed E-state index contributed by atoms with van der Waals surface area (Å²) in [4.78, 5) is 35.3. The van der Waals surface area contributed by atoms with E-state index in [1.54, 1.807) is 0 Å². The van der Waals surface area contributed by atoms with Crippen LogP contribution in [-0.4, -0.2) is 47.2 Å². The first-order chi connectivity index (χ1) is 11.7. The van der Waals surface area contributed by atoms with Gasteiger partial charge in [0, 0.05) is 6.54 Å². The highest BCUT2D eigenvalue weighted by molar-refractivity contribution is 5.88. The number of rotatable bonds is 6. The van der Waals surface area contributed by atoms with Gasteiger partial charge in [-0.25, -0.2) is 4.79 Å². The van der Waals surface area contributed by atoms with Crippen LogP contribution in [0.4, 0.5) is 18.0 Å². The summed E-state index contributed by atoms with van der Waals surface area (Å²) in [6.07, 6.45) is -5.50. The Hall–Kier alpha value is -2.78. The topological polar surface area (TPSA) is 95.9 Å². The second-order valence-electron chi connectivity index (χ2n) is 5.35. The maximum atomic E-state index is 12.6. The van der Waals surface area contributed by atoms with E-state index >= 15 is 0 Å². The summed E-state index contributed by atoms with van der Waals surface area (Å²) in [5, 5.41) is 10.9. The molecule has 7 nitrogen and oxygen atoms in total. The van der Waals surface area contributed by atoms with Gasteiger partial charge in [-0.1, -0.05) is 12.1 Å². The molecule has 1 atom stereocenters. The molecular formula is C15H15F3N2O5. The summed E-state index contributed by atoms with van der Waals surface area (Å²) in [6.45, 7) is -0.417. The molecule has 0 aliphatic carbocycles. The Balaban J connectivity index is 2.01. The quantitative estimate of drug-likeness (QED) is 0.804. The molecular weight excluding hydrogens is 345 g/mol. The SMILES string of the molecule is O=C(O)CCNC(=O)[C@@H]1COC(=O)N1Cc1ccc(C(F)(F)F)cc1. The van der Waals surface area contributed by atoms with Gasteiger partial charge in [-0.05, 0) is 17.7 Å². The second kappa shape index (κ2) is 7.41. The third kappa shape index (κ3) is 4.85.